The van der Waals surface area contributed by atoms with Crippen molar-refractivity contribution in [2.75, 3.05) is 0 Å². The van der Waals surface area contributed by atoms with Crippen LogP contribution in [0.4, 0.5) is 0 Å². The van der Waals surface area contributed by atoms with Crippen LogP contribution < -0.4 is 0 Å². The number of rotatable bonds is 12. The van der Waals surface area contributed by atoms with E-state index >= 15 is 0 Å². The summed E-state index contributed by atoms with van der Waals surface area (Å²) in [7, 11) is 0. The molecule has 0 unspecified atom stereocenters. The first-order valence-corrected chi connectivity index (χ1v) is 37.6. The molecule has 86 heavy (non-hydrogen) atoms. The highest BCUT2D eigenvalue weighted by molar-refractivity contribution is 7.10. The molecule has 11 nitrogen and oxygen atoms in total. The molecular formula is C67H111N11S8. The van der Waals surface area contributed by atoms with E-state index < -0.39 is 0 Å². The van der Waals surface area contributed by atoms with Gasteiger partial charge in [-0.2, -0.15) is 13.1 Å². The molecule has 19 heteroatoms. The average molecular weight is 1330 g/mol. The fraction of sp³-hybridized carbons (Fsp3) is 0.687. The van der Waals surface area contributed by atoms with Crippen molar-refractivity contribution in [1.29, 1.82) is 0 Å². The Kier molecular flexibility index (Phi) is 34.7. The largest absolute Gasteiger partial charge is 0.249 e. The number of hydrogen-bond acceptors (Lipinski definition) is 19. The summed E-state index contributed by atoms with van der Waals surface area (Å²) < 4.78 is 24.4. The fourth-order valence-electron chi connectivity index (χ4n) is 8.58. The maximum absolute atomic E-state index is 4.36. The number of aromatic nitrogens is 11. The van der Waals surface area contributed by atoms with Crippen molar-refractivity contribution >= 4 is 91.9 Å². The maximum atomic E-state index is 4.36. The number of nitrogens with zero attached hydrogens (tertiary/aromatic N) is 11. The molecule has 0 aromatic carbocycles. The maximum Gasteiger partial charge on any atom is 0.0843 e. The molecule has 8 aromatic rings. The summed E-state index contributed by atoms with van der Waals surface area (Å²) in [4.78, 5) is 17.2. The minimum Gasteiger partial charge on any atom is -0.249 e. The van der Waals surface area contributed by atoms with Crippen molar-refractivity contribution in [3.05, 3.63) is 114 Å². The van der Waals surface area contributed by atoms with Crippen molar-refractivity contribution in [3.8, 4) is 0 Å². The van der Waals surface area contributed by atoms with Gasteiger partial charge in [0.1, 0.15) is 0 Å². The summed E-state index contributed by atoms with van der Waals surface area (Å²) in [5, 5.41) is 16.8. The van der Waals surface area contributed by atoms with E-state index in [1.807, 2.05) is 29.3 Å². The Morgan fingerprint density at radius 1 is 0.395 bits per heavy atom. The van der Waals surface area contributed by atoms with Crippen LogP contribution in [-0.4, -0.2) is 51.8 Å². The molecule has 1 aliphatic rings. The summed E-state index contributed by atoms with van der Waals surface area (Å²) in [6.45, 7) is 65.6. The van der Waals surface area contributed by atoms with E-state index in [2.05, 4.69) is 269 Å². The van der Waals surface area contributed by atoms with Gasteiger partial charge in [-0.15, -0.1) is 49.3 Å². The van der Waals surface area contributed by atoms with E-state index in [4.69, 9.17) is 0 Å². The van der Waals surface area contributed by atoms with Crippen LogP contribution in [0.5, 0.6) is 0 Å². The van der Waals surface area contributed by atoms with Gasteiger partial charge in [0.05, 0.1) is 82.9 Å². The number of thiophene rings is 1. The molecule has 1 aliphatic carbocycles. The quantitative estimate of drug-likeness (QED) is 0.115. The van der Waals surface area contributed by atoms with Crippen molar-refractivity contribution in [3.63, 3.8) is 0 Å². The third-order valence-corrected chi connectivity index (χ3v) is 21.3. The second-order valence-electron chi connectivity index (χ2n) is 27.5. The molecule has 0 saturated heterocycles. The zero-order chi connectivity index (χ0) is 65.6. The zero-order valence-electron chi connectivity index (χ0n) is 58.4. The van der Waals surface area contributed by atoms with Crippen LogP contribution in [0.25, 0.3) is 0 Å². The molecule has 482 valence electrons. The SMILES string of the molecule is CC(C)(C)c1nnsc1C1CC1.CC(C)c1ccsc1C(C)C.CC(C)c1ncsc1C(C)C.CC(C)c1ncsc1C(C)C.CC(C)c1nnsc1C(C)C.CC(C)c1snnc1C(C)(C)C.Cc1nscc1C(C)C.Cc1nsnc1C(C)C. The van der Waals surface area contributed by atoms with Crippen LogP contribution in [0.15, 0.2) is 27.8 Å². The molecule has 0 atom stereocenters. The second kappa shape index (κ2) is 37.9. The van der Waals surface area contributed by atoms with E-state index in [9.17, 15) is 0 Å². The standard InChI is InChI=1S/C10H16S.C9H14N2S.C9H16N2S.2C9H15NS.C8H14N2S.C7H11NS.C6H10N2S/c1-7(2)9-5-6-11-10(9)8(3)4;1-9(2,3)8-7(6-4-5-6)12-11-10-8;1-6(2)7-8(9(3,4)5)10-11-12-7;2*1-6(2)8-9(7(3)4)11-5-10-8;1-5(2)7-8(6(3)4)11-10-9-7;1-5(2)7-4-9-8-6(7)3;1-4(2)6-5(3)7-9-8-6/h5-8H,1-4H3;6H,4-5H2,1-3H3;6H,1-5H3;2*5-7H,1-4H3;5-6H,1-4H3;4-5H,1-3H3;4H,1-3H3. The van der Waals surface area contributed by atoms with Gasteiger partial charge in [-0.1, -0.05) is 207 Å². The van der Waals surface area contributed by atoms with E-state index in [1.165, 1.54) is 112 Å². The number of thiazole rings is 2. The van der Waals surface area contributed by atoms with Crippen LogP contribution in [0.3, 0.4) is 0 Å². The summed E-state index contributed by atoms with van der Waals surface area (Å²) in [6, 6.07) is 2.25. The van der Waals surface area contributed by atoms with Crippen LogP contribution in [0, 0.1) is 13.8 Å². The lowest BCUT2D eigenvalue weighted by Gasteiger charge is -2.17. The summed E-state index contributed by atoms with van der Waals surface area (Å²) in [5.74, 6) is 7.30. The molecule has 9 rings (SSSR count). The molecule has 1 fully saturated rings. The van der Waals surface area contributed by atoms with Crippen LogP contribution in [-0.2, 0) is 10.8 Å². The minimum atomic E-state index is 0.132. The lowest BCUT2D eigenvalue weighted by molar-refractivity contribution is 0.556. The first kappa shape index (κ1) is 78.9. The lowest BCUT2D eigenvalue weighted by atomic mass is 9.89. The Morgan fingerprint density at radius 3 is 1.13 bits per heavy atom. The molecule has 0 aliphatic heterocycles. The van der Waals surface area contributed by atoms with Crippen molar-refractivity contribution in [1.82, 2.24) is 51.8 Å². The van der Waals surface area contributed by atoms with Crippen molar-refractivity contribution in [2.24, 2.45) is 0 Å². The first-order valence-electron chi connectivity index (χ1n) is 31.1. The van der Waals surface area contributed by atoms with Crippen LogP contribution >= 0.6 is 91.9 Å². The van der Waals surface area contributed by atoms with Crippen LogP contribution in [0.1, 0.15) is 364 Å². The minimum absolute atomic E-state index is 0.132. The highest BCUT2D eigenvalue weighted by Crippen LogP contribution is 2.45. The monoisotopic (exact) mass is 1330 g/mol. The molecule has 0 bridgehead atoms. The Morgan fingerprint density at radius 2 is 0.826 bits per heavy atom. The predicted molar refractivity (Wildman–Crippen MR) is 384 cm³/mol. The van der Waals surface area contributed by atoms with Crippen molar-refractivity contribution < 1.29 is 0 Å². The highest BCUT2D eigenvalue weighted by Gasteiger charge is 2.33. The lowest BCUT2D eigenvalue weighted by Crippen LogP contribution is -2.14. The van der Waals surface area contributed by atoms with Gasteiger partial charge in [0.15, 0.2) is 0 Å². The molecule has 0 N–H and O–H groups in total. The molecular weight excluding hydrogens is 1220 g/mol. The van der Waals surface area contributed by atoms with E-state index in [1.54, 1.807) is 50.6 Å². The molecule has 1 saturated carbocycles. The van der Waals surface area contributed by atoms with Crippen molar-refractivity contribution in [2.45, 2.75) is 302 Å². The zero-order valence-corrected chi connectivity index (χ0v) is 64.9. The normalized spacial score (nSPS) is 12.4. The van der Waals surface area contributed by atoms with Gasteiger partial charge in [0.2, 0.25) is 0 Å². The summed E-state index contributed by atoms with van der Waals surface area (Å²) in [6.07, 6.45) is 2.68. The Labute approximate surface area is 555 Å². The van der Waals surface area contributed by atoms with E-state index in [0.717, 1.165) is 23.0 Å². The van der Waals surface area contributed by atoms with Gasteiger partial charge in [-0.3, -0.25) is 0 Å². The van der Waals surface area contributed by atoms with E-state index in [0.29, 0.717) is 65.1 Å². The molecule has 0 amide bonds. The first-order chi connectivity index (χ1) is 39.9. The van der Waals surface area contributed by atoms with Gasteiger partial charge < -0.3 is 0 Å². The number of hydrogen-bond donors (Lipinski definition) is 0. The Hall–Kier alpha value is -3.17. The van der Waals surface area contributed by atoms with Crippen LogP contribution in [0.2, 0.25) is 0 Å². The van der Waals surface area contributed by atoms with Gasteiger partial charge >= 0.3 is 0 Å². The highest BCUT2D eigenvalue weighted by atomic mass is 32.1. The molecule has 8 heterocycles. The Bertz CT molecular complexity index is 2650. The second-order valence-corrected chi connectivity index (χ2v) is 33.7. The molecule has 0 radical (unpaired) electrons. The third-order valence-electron chi connectivity index (χ3n) is 13.4. The van der Waals surface area contributed by atoms with Gasteiger partial charge in [0.25, 0.3) is 0 Å². The summed E-state index contributed by atoms with van der Waals surface area (Å²) in [5.41, 5.74) is 16.6. The molecule has 0 spiro atoms. The topological polar surface area (TPSA) is 142 Å². The van der Waals surface area contributed by atoms with Gasteiger partial charge in [-0.05, 0) is 166 Å². The van der Waals surface area contributed by atoms with E-state index in [-0.39, 0.29) is 10.8 Å². The smallest absolute Gasteiger partial charge is 0.0843 e. The summed E-state index contributed by atoms with van der Waals surface area (Å²) >= 11 is 12.9. The predicted octanol–water partition coefficient (Wildman–Crippen LogP) is 23.8. The third kappa shape index (κ3) is 26.3. The Balaban J connectivity index is 0.000000336. The molecule has 8 aromatic heterocycles. The fourth-order valence-corrected chi connectivity index (χ4v) is 15.8. The number of aryl methyl sites for hydroxylation is 2. The van der Waals surface area contributed by atoms with Gasteiger partial charge in [-0.25, -0.2) is 9.97 Å². The average Bonchev–Trinajstić information content (AvgIpc) is 2.70. The van der Waals surface area contributed by atoms with Gasteiger partial charge in [0, 0.05) is 30.8 Å².